The van der Waals surface area contributed by atoms with Crippen LogP contribution in [0, 0.1) is 17.1 Å². The highest BCUT2D eigenvalue weighted by atomic mass is 19.1. The van der Waals surface area contributed by atoms with E-state index >= 15 is 0 Å². The van der Waals surface area contributed by atoms with Gasteiger partial charge < -0.3 is 0 Å². The third-order valence-corrected chi connectivity index (χ3v) is 4.28. The summed E-state index contributed by atoms with van der Waals surface area (Å²) in [5, 5.41) is 8.77. The Morgan fingerprint density at radius 1 is 1.00 bits per heavy atom. The molecule has 1 aromatic heterocycles. The molecular formula is C21H25FN2. The fraction of sp³-hybridized carbons (Fsp3) is 0.429. The van der Waals surface area contributed by atoms with Crippen molar-refractivity contribution in [2.45, 2.75) is 58.3 Å². The van der Waals surface area contributed by atoms with Crippen LogP contribution in [-0.2, 0) is 6.42 Å². The molecule has 24 heavy (non-hydrogen) atoms. The topological polar surface area (TPSA) is 36.7 Å². The molecule has 1 aromatic carbocycles. The summed E-state index contributed by atoms with van der Waals surface area (Å²) >= 11 is 0. The highest BCUT2D eigenvalue weighted by Gasteiger charge is 2.05. The number of benzene rings is 1. The summed E-state index contributed by atoms with van der Waals surface area (Å²) in [5.74, 6) is -0.496. The number of rotatable bonds is 9. The van der Waals surface area contributed by atoms with Crippen LogP contribution in [0.1, 0.15) is 63.0 Å². The van der Waals surface area contributed by atoms with Gasteiger partial charge in [-0.3, -0.25) is 4.98 Å². The molecule has 0 atom stereocenters. The lowest BCUT2D eigenvalue weighted by molar-refractivity contribution is 0.589. The summed E-state index contributed by atoms with van der Waals surface area (Å²) in [6, 6.07) is 10.4. The molecule has 0 saturated carbocycles. The molecule has 0 aliphatic carbocycles. The van der Waals surface area contributed by atoms with Crippen molar-refractivity contribution in [1.29, 1.82) is 5.26 Å². The van der Waals surface area contributed by atoms with Crippen molar-refractivity contribution < 1.29 is 4.39 Å². The van der Waals surface area contributed by atoms with Crippen molar-refractivity contribution >= 4 is 0 Å². The number of aryl methyl sites for hydroxylation is 1. The largest absolute Gasteiger partial charge is 0.256 e. The maximum atomic E-state index is 13.7. The van der Waals surface area contributed by atoms with Crippen LogP contribution < -0.4 is 0 Å². The van der Waals surface area contributed by atoms with Crippen molar-refractivity contribution in [3.05, 3.63) is 53.5 Å². The van der Waals surface area contributed by atoms with Crippen LogP contribution in [0.2, 0.25) is 0 Å². The van der Waals surface area contributed by atoms with E-state index in [1.54, 1.807) is 6.07 Å². The van der Waals surface area contributed by atoms with Crippen LogP contribution in [0.5, 0.6) is 0 Å². The van der Waals surface area contributed by atoms with Crippen LogP contribution >= 0.6 is 0 Å². The van der Waals surface area contributed by atoms with Crippen LogP contribution in [0.15, 0.2) is 36.5 Å². The molecule has 126 valence electrons. The number of hydrogen-bond acceptors (Lipinski definition) is 2. The molecule has 0 bridgehead atoms. The standard InChI is InChI=1S/C21H25FN2/c1-2-3-4-5-6-7-8-9-17-10-13-21(24-16-17)18-11-12-19(15-23)20(22)14-18/h10-14,16H,2-9H2,1H3. The van der Waals surface area contributed by atoms with Gasteiger partial charge >= 0.3 is 0 Å². The van der Waals surface area contributed by atoms with Crippen LogP contribution in [0.25, 0.3) is 11.3 Å². The van der Waals surface area contributed by atoms with E-state index in [0.717, 1.165) is 12.1 Å². The Labute approximate surface area is 144 Å². The molecular weight excluding hydrogens is 299 g/mol. The molecule has 2 aromatic rings. The van der Waals surface area contributed by atoms with Gasteiger partial charge in [-0.15, -0.1) is 0 Å². The van der Waals surface area contributed by atoms with E-state index in [-0.39, 0.29) is 5.56 Å². The first-order valence-corrected chi connectivity index (χ1v) is 8.89. The molecule has 3 heteroatoms. The lowest BCUT2D eigenvalue weighted by atomic mass is 10.0. The Morgan fingerprint density at radius 3 is 2.38 bits per heavy atom. The van der Waals surface area contributed by atoms with Gasteiger partial charge in [0.1, 0.15) is 11.9 Å². The van der Waals surface area contributed by atoms with Gasteiger partial charge in [-0.2, -0.15) is 5.26 Å². The van der Waals surface area contributed by atoms with Gasteiger partial charge in [0.25, 0.3) is 0 Å². The zero-order chi connectivity index (χ0) is 17.2. The maximum absolute atomic E-state index is 13.7. The zero-order valence-electron chi connectivity index (χ0n) is 14.4. The van der Waals surface area contributed by atoms with Crippen molar-refractivity contribution in [1.82, 2.24) is 4.98 Å². The number of hydrogen-bond donors (Lipinski definition) is 0. The van der Waals surface area contributed by atoms with Crippen LogP contribution in [-0.4, -0.2) is 4.98 Å². The predicted octanol–water partition coefficient (Wildman–Crippen LogP) is 6.05. The molecule has 0 unspecified atom stereocenters. The number of nitriles is 1. The van der Waals surface area contributed by atoms with Gasteiger partial charge in [-0.05, 0) is 36.6 Å². The summed E-state index contributed by atoms with van der Waals surface area (Å²) in [7, 11) is 0. The highest BCUT2D eigenvalue weighted by molar-refractivity contribution is 5.60. The highest BCUT2D eigenvalue weighted by Crippen LogP contribution is 2.20. The fourth-order valence-corrected chi connectivity index (χ4v) is 2.79. The maximum Gasteiger partial charge on any atom is 0.141 e. The van der Waals surface area contributed by atoms with E-state index in [1.807, 2.05) is 18.3 Å². The first kappa shape index (κ1) is 18.1. The van der Waals surface area contributed by atoms with E-state index in [4.69, 9.17) is 5.26 Å². The molecule has 2 nitrogen and oxygen atoms in total. The van der Waals surface area contributed by atoms with Crippen molar-refractivity contribution in [3.8, 4) is 17.3 Å². The average Bonchev–Trinajstić information content (AvgIpc) is 2.61. The first-order chi connectivity index (χ1) is 11.7. The smallest absolute Gasteiger partial charge is 0.141 e. The predicted molar refractivity (Wildman–Crippen MR) is 96.0 cm³/mol. The Hall–Kier alpha value is -2.21. The monoisotopic (exact) mass is 324 g/mol. The molecule has 0 radical (unpaired) electrons. The molecule has 0 amide bonds. The van der Waals surface area contributed by atoms with E-state index in [9.17, 15) is 4.39 Å². The van der Waals surface area contributed by atoms with Gasteiger partial charge in [-0.25, -0.2) is 4.39 Å². The molecule has 0 fully saturated rings. The summed E-state index contributed by atoms with van der Waals surface area (Å²) in [6.07, 6.45) is 12.0. The molecule has 0 aliphatic rings. The lowest BCUT2D eigenvalue weighted by Crippen LogP contribution is -1.91. The number of aromatic nitrogens is 1. The van der Waals surface area contributed by atoms with Gasteiger partial charge in [0, 0.05) is 11.8 Å². The zero-order valence-corrected chi connectivity index (χ0v) is 14.4. The first-order valence-electron chi connectivity index (χ1n) is 8.89. The Morgan fingerprint density at radius 2 is 1.75 bits per heavy atom. The second-order valence-corrected chi connectivity index (χ2v) is 6.23. The van der Waals surface area contributed by atoms with Crippen LogP contribution in [0.4, 0.5) is 4.39 Å². The Kier molecular flexibility index (Phi) is 7.42. The number of halogens is 1. The van der Waals surface area contributed by atoms with Crippen molar-refractivity contribution in [2.24, 2.45) is 0 Å². The number of unbranched alkanes of at least 4 members (excludes halogenated alkanes) is 6. The summed E-state index contributed by atoms with van der Waals surface area (Å²) in [5.41, 5.74) is 2.73. The Bertz CT molecular complexity index is 671. The quantitative estimate of drug-likeness (QED) is 0.526. The van der Waals surface area contributed by atoms with E-state index in [1.165, 1.54) is 62.6 Å². The second kappa shape index (κ2) is 9.82. The van der Waals surface area contributed by atoms with E-state index in [0.29, 0.717) is 5.56 Å². The van der Waals surface area contributed by atoms with Gasteiger partial charge in [0.05, 0.1) is 11.3 Å². The average molecular weight is 324 g/mol. The molecule has 2 rings (SSSR count). The third-order valence-electron chi connectivity index (χ3n) is 4.28. The molecule has 0 aliphatic heterocycles. The SMILES string of the molecule is CCCCCCCCCc1ccc(-c2ccc(C#N)c(F)c2)nc1. The minimum atomic E-state index is -0.496. The second-order valence-electron chi connectivity index (χ2n) is 6.23. The number of pyridine rings is 1. The Balaban J connectivity index is 1.83. The van der Waals surface area contributed by atoms with Gasteiger partial charge in [-0.1, -0.05) is 57.6 Å². The van der Waals surface area contributed by atoms with E-state index in [2.05, 4.69) is 18.0 Å². The third kappa shape index (κ3) is 5.45. The fourth-order valence-electron chi connectivity index (χ4n) is 2.79. The van der Waals surface area contributed by atoms with Crippen molar-refractivity contribution in [3.63, 3.8) is 0 Å². The number of nitrogens with zero attached hydrogens (tertiary/aromatic N) is 2. The minimum Gasteiger partial charge on any atom is -0.256 e. The summed E-state index contributed by atoms with van der Waals surface area (Å²) < 4.78 is 13.7. The van der Waals surface area contributed by atoms with E-state index < -0.39 is 5.82 Å². The molecule has 0 N–H and O–H groups in total. The molecule has 0 saturated heterocycles. The van der Waals surface area contributed by atoms with Crippen LogP contribution in [0.3, 0.4) is 0 Å². The molecule has 1 heterocycles. The van der Waals surface area contributed by atoms with Crippen molar-refractivity contribution in [2.75, 3.05) is 0 Å². The normalized spacial score (nSPS) is 10.5. The van der Waals surface area contributed by atoms with Gasteiger partial charge in [0.2, 0.25) is 0 Å². The lowest BCUT2D eigenvalue weighted by Gasteiger charge is -2.05. The summed E-state index contributed by atoms with van der Waals surface area (Å²) in [4.78, 5) is 4.44. The molecule has 0 spiro atoms. The van der Waals surface area contributed by atoms with Gasteiger partial charge in [0.15, 0.2) is 0 Å². The minimum absolute atomic E-state index is 0.0642. The summed E-state index contributed by atoms with van der Waals surface area (Å²) in [6.45, 7) is 2.24.